The van der Waals surface area contributed by atoms with Crippen LogP contribution in [0.3, 0.4) is 0 Å². The van der Waals surface area contributed by atoms with Gasteiger partial charge in [-0.1, -0.05) is 29.8 Å². The third-order valence-electron chi connectivity index (χ3n) is 6.13. The highest BCUT2D eigenvalue weighted by Crippen LogP contribution is 2.19. The molecule has 3 rings (SSSR count). The van der Waals surface area contributed by atoms with Crippen LogP contribution in [0.5, 0.6) is 0 Å². The molecule has 0 saturated carbocycles. The lowest BCUT2D eigenvalue weighted by atomic mass is 9.96. The van der Waals surface area contributed by atoms with Gasteiger partial charge in [0.05, 0.1) is 13.2 Å². The second-order valence-electron chi connectivity index (χ2n) is 8.66. The van der Waals surface area contributed by atoms with Gasteiger partial charge in [-0.05, 0) is 64.2 Å². The Hall–Kier alpha value is -0.900. The Bertz CT molecular complexity index is 625. The highest BCUT2D eigenvalue weighted by Gasteiger charge is 2.19. The molecule has 7 heteroatoms. The lowest BCUT2D eigenvalue weighted by molar-refractivity contribution is 0.0376. The van der Waals surface area contributed by atoms with E-state index in [2.05, 4.69) is 58.5 Å². The predicted molar refractivity (Wildman–Crippen MR) is 140 cm³/mol. The first-order valence-electron chi connectivity index (χ1n) is 11.8. The van der Waals surface area contributed by atoms with E-state index in [9.17, 15) is 0 Å². The lowest BCUT2D eigenvalue weighted by Crippen LogP contribution is -2.41. The zero-order valence-electron chi connectivity index (χ0n) is 19.4. The van der Waals surface area contributed by atoms with Gasteiger partial charge in [0.2, 0.25) is 0 Å². The van der Waals surface area contributed by atoms with E-state index in [0.717, 1.165) is 71.4 Å². The summed E-state index contributed by atoms with van der Waals surface area (Å²) in [4.78, 5) is 9.95. The van der Waals surface area contributed by atoms with E-state index >= 15 is 0 Å². The number of hydrogen-bond acceptors (Lipinski definition) is 4. The van der Waals surface area contributed by atoms with Crippen molar-refractivity contribution in [1.82, 2.24) is 20.4 Å². The lowest BCUT2D eigenvalue weighted by Gasteiger charge is -2.31. The molecule has 0 spiro atoms. The van der Waals surface area contributed by atoms with Crippen molar-refractivity contribution in [3.8, 4) is 0 Å². The van der Waals surface area contributed by atoms with Crippen LogP contribution in [-0.2, 0) is 11.3 Å². The molecule has 0 radical (unpaired) electrons. The van der Waals surface area contributed by atoms with E-state index in [4.69, 9.17) is 9.73 Å². The molecule has 0 aromatic heterocycles. The Morgan fingerprint density at radius 1 is 1.03 bits per heavy atom. The fraction of sp³-hybridized carbons (Fsp3) is 0.708. The quantitative estimate of drug-likeness (QED) is 0.217. The summed E-state index contributed by atoms with van der Waals surface area (Å²) in [5.41, 5.74) is 2.76. The van der Waals surface area contributed by atoms with Crippen molar-refractivity contribution < 1.29 is 4.74 Å². The zero-order chi connectivity index (χ0) is 21.0. The van der Waals surface area contributed by atoms with E-state index in [1.165, 1.54) is 37.1 Å². The number of piperidine rings is 1. The minimum absolute atomic E-state index is 0. The van der Waals surface area contributed by atoms with Crippen molar-refractivity contribution in [2.45, 2.75) is 39.7 Å². The first-order valence-corrected chi connectivity index (χ1v) is 11.8. The number of nitrogens with zero attached hydrogens (tertiary/aromatic N) is 3. The Morgan fingerprint density at radius 2 is 1.74 bits per heavy atom. The maximum Gasteiger partial charge on any atom is 0.191 e. The molecule has 0 bridgehead atoms. The summed E-state index contributed by atoms with van der Waals surface area (Å²) in [5, 5.41) is 6.92. The number of halogens is 1. The predicted octanol–water partition coefficient (Wildman–Crippen LogP) is 3.10. The van der Waals surface area contributed by atoms with E-state index in [0.29, 0.717) is 5.92 Å². The third kappa shape index (κ3) is 10.1. The fourth-order valence-electron chi connectivity index (χ4n) is 4.18. The number of aliphatic imine (C=N–C) groups is 1. The molecule has 0 aliphatic carbocycles. The van der Waals surface area contributed by atoms with Crippen LogP contribution < -0.4 is 10.6 Å². The molecule has 31 heavy (non-hydrogen) atoms. The van der Waals surface area contributed by atoms with E-state index < -0.39 is 0 Å². The maximum atomic E-state index is 5.42. The first kappa shape index (κ1) is 26.4. The average Bonchev–Trinajstić information content (AvgIpc) is 2.78. The number of aryl methyl sites for hydroxylation is 1. The summed E-state index contributed by atoms with van der Waals surface area (Å²) >= 11 is 0. The Kier molecular flexibility index (Phi) is 12.8. The Morgan fingerprint density at radius 3 is 2.42 bits per heavy atom. The van der Waals surface area contributed by atoms with Crippen molar-refractivity contribution in [2.24, 2.45) is 10.9 Å². The fourth-order valence-corrected chi connectivity index (χ4v) is 4.18. The summed E-state index contributed by atoms with van der Waals surface area (Å²) in [6.45, 7) is 15.5. The van der Waals surface area contributed by atoms with Crippen LogP contribution in [0.25, 0.3) is 0 Å². The van der Waals surface area contributed by atoms with Crippen molar-refractivity contribution in [2.75, 3.05) is 65.6 Å². The van der Waals surface area contributed by atoms with E-state index in [1.807, 2.05) is 0 Å². The molecule has 2 aliphatic rings. The monoisotopic (exact) mass is 543 g/mol. The van der Waals surface area contributed by atoms with Crippen LogP contribution in [0.1, 0.15) is 37.3 Å². The van der Waals surface area contributed by atoms with Gasteiger partial charge >= 0.3 is 0 Å². The van der Waals surface area contributed by atoms with Crippen LogP contribution >= 0.6 is 24.0 Å². The molecule has 0 atom stereocenters. The second-order valence-corrected chi connectivity index (χ2v) is 8.66. The highest BCUT2D eigenvalue weighted by atomic mass is 127. The molecular formula is C24H42IN5O. The number of benzene rings is 1. The molecule has 6 nitrogen and oxygen atoms in total. The van der Waals surface area contributed by atoms with Crippen LogP contribution in [0.15, 0.2) is 29.3 Å². The molecular weight excluding hydrogens is 501 g/mol. The summed E-state index contributed by atoms with van der Waals surface area (Å²) in [6.07, 6.45) is 3.62. The molecule has 2 saturated heterocycles. The molecule has 2 heterocycles. The number of guanidine groups is 1. The van der Waals surface area contributed by atoms with Gasteiger partial charge < -0.3 is 15.4 Å². The molecule has 176 valence electrons. The van der Waals surface area contributed by atoms with Gasteiger partial charge in [-0.3, -0.25) is 14.8 Å². The topological polar surface area (TPSA) is 52.1 Å². The largest absolute Gasteiger partial charge is 0.379 e. The standard InChI is InChI=1S/C24H41N5O.HI/c1-3-25-24(26-11-4-12-28-15-17-30-18-16-28)27-19-22-9-13-29(14-10-22)20-23-7-5-21(2)6-8-23;/h5-8,22H,3-4,9-20H2,1-2H3,(H2,25,26,27);1H. The zero-order valence-corrected chi connectivity index (χ0v) is 21.8. The SMILES string of the molecule is CCNC(=NCC1CCN(Cc2ccc(C)cc2)CC1)NCCCN1CCOCC1.I. The molecule has 2 N–H and O–H groups in total. The number of morpholine rings is 1. The van der Waals surface area contributed by atoms with Crippen molar-refractivity contribution in [3.05, 3.63) is 35.4 Å². The second kappa shape index (κ2) is 15.0. The van der Waals surface area contributed by atoms with Gasteiger partial charge in [-0.15, -0.1) is 24.0 Å². The van der Waals surface area contributed by atoms with Gasteiger partial charge in [-0.2, -0.15) is 0 Å². The molecule has 0 unspecified atom stereocenters. The Balaban J connectivity index is 0.00000341. The number of likely N-dealkylation sites (tertiary alicyclic amines) is 1. The number of rotatable bonds is 9. The minimum atomic E-state index is 0. The average molecular weight is 544 g/mol. The van der Waals surface area contributed by atoms with Crippen LogP contribution in [0.4, 0.5) is 0 Å². The molecule has 0 amide bonds. The van der Waals surface area contributed by atoms with Crippen molar-refractivity contribution >= 4 is 29.9 Å². The first-order chi connectivity index (χ1) is 14.7. The summed E-state index contributed by atoms with van der Waals surface area (Å²) in [6, 6.07) is 8.96. The molecule has 2 fully saturated rings. The third-order valence-corrected chi connectivity index (χ3v) is 6.13. The summed E-state index contributed by atoms with van der Waals surface area (Å²) in [7, 11) is 0. The number of nitrogens with one attached hydrogen (secondary N) is 2. The molecule has 1 aromatic rings. The molecule has 1 aromatic carbocycles. The summed E-state index contributed by atoms with van der Waals surface area (Å²) < 4.78 is 5.42. The van der Waals surface area contributed by atoms with Crippen LogP contribution in [0.2, 0.25) is 0 Å². The van der Waals surface area contributed by atoms with Gasteiger partial charge in [-0.25, -0.2) is 0 Å². The van der Waals surface area contributed by atoms with Crippen molar-refractivity contribution in [3.63, 3.8) is 0 Å². The number of hydrogen-bond donors (Lipinski definition) is 2. The van der Waals surface area contributed by atoms with Crippen molar-refractivity contribution in [1.29, 1.82) is 0 Å². The van der Waals surface area contributed by atoms with Gasteiger partial charge in [0.1, 0.15) is 0 Å². The minimum Gasteiger partial charge on any atom is -0.379 e. The van der Waals surface area contributed by atoms with Gasteiger partial charge in [0.15, 0.2) is 5.96 Å². The number of ether oxygens (including phenoxy) is 1. The Labute approximate surface area is 206 Å². The normalized spacial score (nSPS) is 19.1. The highest BCUT2D eigenvalue weighted by molar-refractivity contribution is 14.0. The van der Waals surface area contributed by atoms with Crippen LogP contribution in [-0.4, -0.2) is 81.3 Å². The van der Waals surface area contributed by atoms with E-state index in [1.54, 1.807) is 0 Å². The van der Waals surface area contributed by atoms with Gasteiger partial charge in [0, 0.05) is 39.3 Å². The van der Waals surface area contributed by atoms with Gasteiger partial charge in [0.25, 0.3) is 0 Å². The molecule has 2 aliphatic heterocycles. The van der Waals surface area contributed by atoms with Crippen LogP contribution in [0, 0.1) is 12.8 Å². The van der Waals surface area contributed by atoms with E-state index in [-0.39, 0.29) is 24.0 Å². The smallest absolute Gasteiger partial charge is 0.191 e. The maximum absolute atomic E-state index is 5.42. The summed E-state index contributed by atoms with van der Waals surface area (Å²) in [5.74, 6) is 1.67.